The minimum absolute atomic E-state index is 0.270. The van der Waals surface area contributed by atoms with Gasteiger partial charge in [-0.15, -0.1) is 0 Å². The van der Waals surface area contributed by atoms with E-state index in [-0.39, 0.29) is 6.61 Å². The molecule has 2 aliphatic rings. The Morgan fingerprint density at radius 1 is 1.03 bits per heavy atom. The van der Waals surface area contributed by atoms with Crippen molar-refractivity contribution in [2.45, 2.75) is 61.8 Å². The zero-order chi connectivity index (χ0) is 22.0. The summed E-state index contributed by atoms with van der Waals surface area (Å²) in [6.07, 6.45) is -3.67. The average Bonchev–Trinajstić information content (AvgIpc) is 2.77. The van der Waals surface area contributed by atoms with Crippen LogP contribution in [0.25, 0.3) is 0 Å². The standard InChI is InChI=1S/C24H28O6S/c1-24(2,3)23(26)30-20-18(25)22(31-16-12-8-5-9-13-16)28-17-14-27-21(29-19(17)20)15-10-6-4-7-11-15/h4-13,17-22,25H,14H2,1-3H3/t17-,18-,19-,20-,21-,22+/m1/s1. The van der Waals surface area contributed by atoms with E-state index in [1.54, 1.807) is 20.8 Å². The summed E-state index contributed by atoms with van der Waals surface area (Å²) in [4.78, 5) is 13.7. The third-order valence-corrected chi connectivity index (χ3v) is 6.40. The predicted molar refractivity (Wildman–Crippen MR) is 116 cm³/mol. The first-order chi connectivity index (χ1) is 14.8. The van der Waals surface area contributed by atoms with Gasteiger partial charge < -0.3 is 24.1 Å². The normalized spacial score (nSPS) is 31.0. The van der Waals surface area contributed by atoms with Crippen LogP contribution in [-0.2, 0) is 23.7 Å². The molecule has 2 fully saturated rings. The van der Waals surface area contributed by atoms with Crippen molar-refractivity contribution < 1.29 is 28.8 Å². The molecule has 0 bridgehead atoms. The highest BCUT2D eigenvalue weighted by molar-refractivity contribution is 7.99. The molecular formula is C24H28O6S. The summed E-state index contributed by atoms with van der Waals surface area (Å²) in [5.41, 5.74) is -0.474. The zero-order valence-corrected chi connectivity index (χ0v) is 18.7. The van der Waals surface area contributed by atoms with Crippen LogP contribution in [0.3, 0.4) is 0 Å². The number of fused-ring (bicyclic) bond motifs is 1. The maximum atomic E-state index is 12.7. The Hall–Kier alpha value is -1.90. The lowest BCUT2D eigenvalue weighted by Crippen LogP contribution is -2.62. The molecule has 166 valence electrons. The van der Waals surface area contributed by atoms with Crippen molar-refractivity contribution in [3.63, 3.8) is 0 Å². The summed E-state index contributed by atoms with van der Waals surface area (Å²) in [6.45, 7) is 5.62. The molecule has 7 heteroatoms. The van der Waals surface area contributed by atoms with Crippen LogP contribution < -0.4 is 0 Å². The van der Waals surface area contributed by atoms with Gasteiger partial charge in [0, 0.05) is 10.5 Å². The fourth-order valence-electron chi connectivity index (χ4n) is 3.51. The van der Waals surface area contributed by atoms with Crippen LogP contribution >= 0.6 is 11.8 Å². The number of aliphatic hydroxyl groups is 1. The summed E-state index contributed by atoms with van der Waals surface area (Å²) >= 11 is 1.39. The van der Waals surface area contributed by atoms with Crippen LogP contribution in [0.15, 0.2) is 65.6 Å². The van der Waals surface area contributed by atoms with Gasteiger partial charge in [0.05, 0.1) is 12.0 Å². The van der Waals surface area contributed by atoms with E-state index in [2.05, 4.69) is 0 Å². The van der Waals surface area contributed by atoms with E-state index in [1.807, 2.05) is 60.7 Å². The van der Waals surface area contributed by atoms with Crippen LogP contribution in [0.2, 0.25) is 0 Å². The number of ether oxygens (including phenoxy) is 4. The second-order valence-corrected chi connectivity index (χ2v) is 9.93. The minimum Gasteiger partial charge on any atom is -0.456 e. The van der Waals surface area contributed by atoms with E-state index >= 15 is 0 Å². The second kappa shape index (κ2) is 9.30. The third-order valence-electron chi connectivity index (χ3n) is 5.23. The number of hydrogen-bond donors (Lipinski definition) is 1. The molecule has 2 heterocycles. The summed E-state index contributed by atoms with van der Waals surface area (Å²) in [7, 11) is 0. The minimum atomic E-state index is -1.06. The molecule has 6 atom stereocenters. The highest BCUT2D eigenvalue weighted by Gasteiger charge is 2.52. The first-order valence-electron chi connectivity index (χ1n) is 10.4. The number of esters is 1. The first kappa shape index (κ1) is 22.3. The van der Waals surface area contributed by atoms with Crippen molar-refractivity contribution in [3.05, 3.63) is 66.2 Å². The molecule has 0 amide bonds. The van der Waals surface area contributed by atoms with Gasteiger partial charge in [0.1, 0.15) is 23.7 Å². The molecule has 1 N–H and O–H groups in total. The van der Waals surface area contributed by atoms with Crippen molar-refractivity contribution in [1.82, 2.24) is 0 Å². The van der Waals surface area contributed by atoms with E-state index in [9.17, 15) is 9.90 Å². The molecule has 0 unspecified atom stereocenters. The average molecular weight is 445 g/mol. The van der Waals surface area contributed by atoms with Gasteiger partial charge in [0.15, 0.2) is 12.4 Å². The molecule has 2 aliphatic heterocycles. The van der Waals surface area contributed by atoms with Gasteiger partial charge in [0.25, 0.3) is 0 Å². The fraction of sp³-hybridized carbons (Fsp3) is 0.458. The maximum absolute atomic E-state index is 12.7. The molecule has 0 aromatic heterocycles. The second-order valence-electron chi connectivity index (χ2n) is 8.76. The van der Waals surface area contributed by atoms with Gasteiger partial charge in [-0.25, -0.2) is 0 Å². The lowest BCUT2D eigenvalue weighted by atomic mass is 9.95. The van der Waals surface area contributed by atoms with E-state index in [4.69, 9.17) is 18.9 Å². The molecule has 31 heavy (non-hydrogen) atoms. The number of carbonyl (C=O) groups is 1. The Morgan fingerprint density at radius 3 is 2.32 bits per heavy atom. The van der Waals surface area contributed by atoms with Crippen LogP contribution in [0.4, 0.5) is 0 Å². The van der Waals surface area contributed by atoms with Gasteiger partial charge in [0.2, 0.25) is 0 Å². The van der Waals surface area contributed by atoms with Crippen LogP contribution in [0.1, 0.15) is 32.6 Å². The Morgan fingerprint density at radius 2 is 1.68 bits per heavy atom. The number of benzene rings is 2. The van der Waals surface area contributed by atoms with Crippen molar-refractivity contribution in [2.24, 2.45) is 5.41 Å². The molecule has 0 spiro atoms. The van der Waals surface area contributed by atoms with Crippen LogP contribution in [0.5, 0.6) is 0 Å². The summed E-state index contributed by atoms with van der Waals surface area (Å²) in [5, 5.41) is 11.2. The molecule has 2 aromatic carbocycles. The van der Waals surface area contributed by atoms with Crippen LogP contribution in [0, 0.1) is 5.41 Å². The number of hydrogen-bond acceptors (Lipinski definition) is 7. The summed E-state index contributed by atoms with van der Waals surface area (Å²) < 4.78 is 24.1. The van der Waals surface area contributed by atoms with Crippen LogP contribution in [-0.4, -0.2) is 47.5 Å². The molecule has 0 radical (unpaired) electrons. The lowest BCUT2D eigenvalue weighted by molar-refractivity contribution is -0.320. The van der Waals surface area contributed by atoms with Gasteiger partial charge in [-0.3, -0.25) is 4.79 Å². The first-order valence-corrected chi connectivity index (χ1v) is 11.3. The van der Waals surface area contributed by atoms with Crippen molar-refractivity contribution in [1.29, 1.82) is 0 Å². The van der Waals surface area contributed by atoms with Gasteiger partial charge >= 0.3 is 5.97 Å². The quantitative estimate of drug-likeness (QED) is 0.716. The van der Waals surface area contributed by atoms with E-state index in [1.165, 1.54) is 11.8 Å². The summed E-state index contributed by atoms with van der Waals surface area (Å²) in [5.74, 6) is -0.396. The largest absolute Gasteiger partial charge is 0.456 e. The predicted octanol–water partition coefficient (Wildman–Crippen LogP) is 3.94. The van der Waals surface area contributed by atoms with Crippen molar-refractivity contribution >= 4 is 17.7 Å². The number of aliphatic hydroxyl groups excluding tert-OH is 1. The summed E-state index contributed by atoms with van der Waals surface area (Å²) in [6, 6.07) is 19.2. The topological polar surface area (TPSA) is 74.2 Å². The molecule has 2 aromatic rings. The number of thioether (sulfide) groups is 1. The molecular weight excluding hydrogens is 416 g/mol. The Labute approximate surface area is 186 Å². The van der Waals surface area contributed by atoms with Gasteiger partial charge in [-0.2, -0.15) is 0 Å². The van der Waals surface area contributed by atoms with Crippen molar-refractivity contribution in [2.75, 3.05) is 6.61 Å². The Kier molecular flexibility index (Phi) is 6.69. The van der Waals surface area contributed by atoms with Gasteiger partial charge in [-0.05, 0) is 32.9 Å². The molecule has 6 nitrogen and oxygen atoms in total. The Balaban J connectivity index is 1.57. The van der Waals surface area contributed by atoms with E-state index in [0.717, 1.165) is 10.5 Å². The Bertz CT molecular complexity index is 869. The number of carbonyl (C=O) groups excluding carboxylic acids is 1. The fourth-order valence-corrected chi connectivity index (χ4v) is 4.58. The third kappa shape index (κ3) is 5.13. The lowest BCUT2D eigenvalue weighted by Gasteiger charge is -2.47. The van der Waals surface area contributed by atoms with Gasteiger partial charge in [-0.1, -0.05) is 60.3 Å². The molecule has 2 saturated heterocycles. The molecule has 4 rings (SSSR count). The van der Waals surface area contributed by atoms with E-state index in [0.29, 0.717) is 0 Å². The van der Waals surface area contributed by atoms with Crippen molar-refractivity contribution in [3.8, 4) is 0 Å². The monoisotopic (exact) mass is 444 g/mol. The smallest absolute Gasteiger partial charge is 0.311 e. The molecule has 0 aliphatic carbocycles. The SMILES string of the molecule is CC(C)(C)C(=O)O[C@@H]1[C@@H](O)[C@H](Sc2ccccc2)O[C@@H]2CO[C@@H](c3ccccc3)O[C@@H]12. The van der Waals surface area contributed by atoms with E-state index < -0.39 is 47.5 Å². The number of rotatable bonds is 4. The molecule has 0 saturated carbocycles. The highest BCUT2D eigenvalue weighted by atomic mass is 32.2. The zero-order valence-electron chi connectivity index (χ0n) is 17.8. The highest BCUT2D eigenvalue weighted by Crippen LogP contribution is 2.40. The maximum Gasteiger partial charge on any atom is 0.311 e.